The lowest BCUT2D eigenvalue weighted by molar-refractivity contribution is -0.226. The maximum absolute atomic E-state index is 12.8. The van der Waals surface area contributed by atoms with Gasteiger partial charge >= 0.3 is 0 Å². The lowest BCUT2D eigenvalue weighted by atomic mass is 9.42. The van der Waals surface area contributed by atoms with Gasteiger partial charge in [0.1, 0.15) is 0 Å². The van der Waals surface area contributed by atoms with E-state index in [9.17, 15) is 4.79 Å². The predicted molar refractivity (Wildman–Crippen MR) is 199 cm³/mol. The lowest BCUT2D eigenvalue weighted by Crippen LogP contribution is -2.68. The van der Waals surface area contributed by atoms with Crippen LogP contribution in [0.15, 0.2) is 0 Å². The molecule has 0 aromatic rings. The van der Waals surface area contributed by atoms with Gasteiger partial charge in [-0.25, -0.2) is 0 Å². The van der Waals surface area contributed by atoms with Crippen LogP contribution in [0.5, 0.6) is 0 Å². The van der Waals surface area contributed by atoms with Crippen LogP contribution in [0.4, 0.5) is 0 Å². The molecule has 0 bridgehead atoms. The molecule has 0 amide bonds. The number of carbonyl (C=O) groups excluding carboxylic acids is 1. The Balaban J connectivity index is 1.66. The maximum atomic E-state index is 12.8. The molecule has 7 unspecified atom stereocenters. The number of carbonyl (C=O) groups is 1. The Morgan fingerprint density at radius 2 is 1.38 bits per heavy atom. The van der Waals surface area contributed by atoms with E-state index in [2.05, 4.69) is 99.3 Å². The van der Waals surface area contributed by atoms with Gasteiger partial charge in [0.25, 0.3) is 5.97 Å². The summed E-state index contributed by atoms with van der Waals surface area (Å²) in [6.45, 7) is 35.4. The van der Waals surface area contributed by atoms with Crippen LogP contribution in [0.3, 0.4) is 0 Å². The smallest absolute Gasteiger partial charge is 0.292 e. The Labute approximate surface area is 282 Å². The molecule has 10 atom stereocenters. The van der Waals surface area contributed by atoms with Crippen LogP contribution in [-0.2, 0) is 22.5 Å². The standard InChI is InChI=1S/C36H72O5Si4/c1-26(16-19-33(37)40-44(10,11)12)29-17-18-30-28-21-23-36(41-45(13,14)15)25-27(38-42(4,5)6)20-22-34(36,2)31(28)24-32(35(29,30)3)39-43(7,8)9/h26-32H,16-25H2,1-15H3/t26?,27-,28?,29?,30?,31?,32+,34?,35?,36+/m1/s1. The number of hydrogen-bond acceptors (Lipinski definition) is 5. The first-order valence-corrected chi connectivity index (χ1v) is 32.2. The summed E-state index contributed by atoms with van der Waals surface area (Å²) in [7, 11) is -7.13. The van der Waals surface area contributed by atoms with Crippen molar-refractivity contribution in [3.8, 4) is 0 Å². The van der Waals surface area contributed by atoms with Gasteiger partial charge in [-0.2, -0.15) is 0 Å². The van der Waals surface area contributed by atoms with Crippen LogP contribution in [-0.4, -0.2) is 57.0 Å². The van der Waals surface area contributed by atoms with Crippen molar-refractivity contribution in [3.63, 3.8) is 0 Å². The van der Waals surface area contributed by atoms with E-state index in [0.717, 1.165) is 31.6 Å². The van der Waals surface area contributed by atoms with Gasteiger partial charge < -0.3 is 17.7 Å². The van der Waals surface area contributed by atoms with Gasteiger partial charge in [0.05, 0.1) is 11.7 Å². The van der Waals surface area contributed by atoms with Crippen molar-refractivity contribution in [1.82, 2.24) is 0 Å². The molecule has 0 spiro atoms. The fourth-order valence-electron chi connectivity index (χ4n) is 11.0. The average Bonchev–Trinajstić information content (AvgIpc) is 3.18. The fourth-order valence-corrected chi connectivity index (χ4v) is 15.8. The average molecular weight is 697 g/mol. The molecule has 262 valence electrons. The first kappa shape index (κ1) is 38.0. The van der Waals surface area contributed by atoms with Crippen molar-refractivity contribution < 1.29 is 22.5 Å². The highest BCUT2D eigenvalue weighted by Gasteiger charge is 2.68. The third-order valence-electron chi connectivity index (χ3n) is 12.3. The third-order valence-corrected chi connectivity index (χ3v) is 16.2. The summed E-state index contributed by atoms with van der Waals surface area (Å²) in [5, 5.41) is 0. The maximum Gasteiger partial charge on any atom is 0.292 e. The first-order valence-electron chi connectivity index (χ1n) is 18.6. The summed E-state index contributed by atoms with van der Waals surface area (Å²) >= 11 is 0. The summed E-state index contributed by atoms with van der Waals surface area (Å²) in [5.41, 5.74) is 0.195. The molecule has 4 aliphatic rings. The van der Waals surface area contributed by atoms with Crippen LogP contribution < -0.4 is 0 Å². The van der Waals surface area contributed by atoms with Gasteiger partial charge in [0.15, 0.2) is 25.0 Å². The lowest BCUT2D eigenvalue weighted by Gasteiger charge is -2.68. The Kier molecular flexibility index (Phi) is 10.8. The van der Waals surface area contributed by atoms with Crippen LogP contribution in [0.2, 0.25) is 78.6 Å². The highest BCUT2D eigenvalue weighted by atomic mass is 28.4. The number of fused-ring (bicyclic) bond motifs is 5. The predicted octanol–water partition coefficient (Wildman–Crippen LogP) is 10.5. The zero-order chi connectivity index (χ0) is 34.0. The molecule has 4 fully saturated rings. The molecule has 5 nitrogen and oxygen atoms in total. The SMILES string of the molecule is CC(CCC(=O)O[Si](C)(C)C)C1CCC2C3CC[C@]4(O[Si](C)(C)C)C[C@H](O[Si](C)(C)C)CCC4(C)C3C[C@H](O[Si](C)(C)C)C12C. The second-order valence-corrected chi connectivity index (χ2v) is 38.0. The van der Waals surface area contributed by atoms with Gasteiger partial charge in [-0.1, -0.05) is 20.8 Å². The van der Waals surface area contributed by atoms with Crippen molar-refractivity contribution in [1.29, 1.82) is 0 Å². The van der Waals surface area contributed by atoms with Gasteiger partial charge in [-0.05, 0) is 170 Å². The van der Waals surface area contributed by atoms with Crippen LogP contribution in [0, 0.1) is 40.4 Å². The zero-order valence-corrected chi connectivity index (χ0v) is 36.2. The Bertz CT molecular complexity index is 1060. The van der Waals surface area contributed by atoms with Gasteiger partial charge in [-0.15, -0.1) is 0 Å². The second kappa shape index (κ2) is 12.8. The molecule has 0 saturated heterocycles. The highest BCUT2D eigenvalue weighted by molar-refractivity contribution is 6.71. The molecule has 4 rings (SSSR count). The minimum atomic E-state index is -1.86. The van der Waals surface area contributed by atoms with Crippen molar-refractivity contribution in [3.05, 3.63) is 0 Å². The highest BCUT2D eigenvalue weighted by Crippen LogP contribution is 2.71. The zero-order valence-electron chi connectivity index (χ0n) is 32.2. The summed E-state index contributed by atoms with van der Waals surface area (Å²) in [6, 6.07) is 0. The van der Waals surface area contributed by atoms with Gasteiger partial charge in [0, 0.05) is 18.9 Å². The molecule has 4 saturated carbocycles. The van der Waals surface area contributed by atoms with E-state index in [1.165, 1.54) is 32.1 Å². The van der Waals surface area contributed by atoms with E-state index in [1.54, 1.807) is 0 Å². The Hall–Kier alpha value is 0.218. The van der Waals surface area contributed by atoms with E-state index < -0.39 is 33.3 Å². The fraction of sp³-hybridized carbons (Fsp3) is 0.972. The van der Waals surface area contributed by atoms with Crippen LogP contribution >= 0.6 is 0 Å². The molecular formula is C36H72O5Si4. The minimum absolute atomic E-state index is 0.00646. The Morgan fingerprint density at radius 3 is 1.93 bits per heavy atom. The van der Waals surface area contributed by atoms with Crippen molar-refractivity contribution in [2.75, 3.05) is 0 Å². The third kappa shape index (κ3) is 8.34. The number of rotatable bonds is 11. The molecule has 0 N–H and O–H groups in total. The quantitative estimate of drug-likeness (QED) is 0.201. The molecule has 0 radical (unpaired) electrons. The summed E-state index contributed by atoms with van der Waals surface area (Å²) < 4.78 is 27.5. The Morgan fingerprint density at radius 1 is 0.756 bits per heavy atom. The summed E-state index contributed by atoms with van der Waals surface area (Å²) in [6.07, 6.45) is 11.7. The topological polar surface area (TPSA) is 54.0 Å². The molecule has 4 aliphatic carbocycles. The van der Waals surface area contributed by atoms with E-state index in [-0.39, 0.29) is 28.5 Å². The number of hydrogen-bond donors (Lipinski definition) is 0. The van der Waals surface area contributed by atoms with Crippen molar-refractivity contribution >= 4 is 39.2 Å². The van der Waals surface area contributed by atoms with Crippen molar-refractivity contribution in [2.24, 2.45) is 40.4 Å². The molecule has 45 heavy (non-hydrogen) atoms. The molecular weight excluding hydrogens is 625 g/mol. The normalized spacial score (nSPS) is 39.9. The minimum Gasteiger partial charge on any atom is -0.520 e. The molecule has 0 aliphatic heterocycles. The molecule has 0 aromatic carbocycles. The van der Waals surface area contributed by atoms with E-state index in [0.29, 0.717) is 36.2 Å². The van der Waals surface area contributed by atoms with Gasteiger partial charge in [-0.3, -0.25) is 4.79 Å². The second-order valence-electron chi connectivity index (χ2n) is 20.2. The largest absolute Gasteiger partial charge is 0.520 e. The summed E-state index contributed by atoms with van der Waals surface area (Å²) in [4.78, 5) is 12.8. The van der Waals surface area contributed by atoms with E-state index in [1.807, 2.05) is 0 Å². The molecule has 9 heteroatoms. The van der Waals surface area contributed by atoms with Crippen LogP contribution in [0.1, 0.15) is 85.0 Å². The van der Waals surface area contributed by atoms with E-state index in [4.69, 9.17) is 17.7 Å². The molecule has 0 heterocycles. The molecule has 0 aromatic heterocycles. The van der Waals surface area contributed by atoms with Gasteiger partial charge in [0.2, 0.25) is 8.32 Å². The van der Waals surface area contributed by atoms with Crippen molar-refractivity contribution in [2.45, 2.75) is 181 Å². The summed E-state index contributed by atoms with van der Waals surface area (Å²) in [5.74, 6) is 3.10. The monoisotopic (exact) mass is 696 g/mol. The first-order chi connectivity index (χ1) is 20.3. The van der Waals surface area contributed by atoms with E-state index >= 15 is 0 Å². The van der Waals surface area contributed by atoms with Crippen LogP contribution in [0.25, 0.3) is 0 Å².